The number of hydrogen-bond acceptors (Lipinski definition) is 7. The number of anilines is 3. The molecule has 2 heterocycles. The average molecular weight is 607 g/mol. The van der Waals surface area contributed by atoms with Crippen LogP contribution in [0.25, 0.3) is 22.3 Å². The Balaban J connectivity index is 1.36. The minimum atomic E-state index is -0.707. The van der Waals surface area contributed by atoms with E-state index in [0.29, 0.717) is 39.8 Å². The summed E-state index contributed by atoms with van der Waals surface area (Å²) in [5.41, 5.74) is 2.96. The van der Waals surface area contributed by atoms with Crippen LogP contribution in [0.4, 0.5) is 21.9 Å². The van der Waals surface area contributed by atoms with Crippen molar-refractivity contribution in [1.29, 1.82) is 0 Å². The molecule has 0 radical (unpaired) electrons. The molecule has 40 heavy (non-hydrogen) atoms. The number of urea groups is 1. The monoisotopic (exact) mass is 606 g/mol. The lowest BCUT2D eigenvalue weighted by molar-refractivity contribution is 0.101. The Labute approximate surface area is 235 Å². The molecule has 0 aliphatic rings. The molecule has 0 aliphatic heterocycles. The quantitative estimate of drug-likeness (QED) is 0.199. The van der Waals surface area contributed by atoms with Crippen LogP contribution in [0.3, 0.4) is 0 Å². The van der Waals surface area contributed by atoms with E-state index >= 15 is 0 Å². The fourth-order valence-electron chi connectivity index (χ4n) is 4.18. The molecule has 0 spiro atoms. The Hall–Kier alpha value is -5.04. The maximum absolute atomic E-state index is 13.3. The number of nitrogens with one attached hydrogen (secondary N) is 4. The van der Waals surface area contributed by atoms with Gasteiger partial charge >= 0.3 is 11.8 Å². The molecule has 5 rings (SSSR count). The van der Waals surface area contributed by atoms with Crippen LogP contribution in [-0.2, 0) is 7.05 Å². The molecule has 3 aromatic carbocycles. The van der Waals surface area contributed by atoms with Crippen molar-refractivity contribution in [2.24, 2.45) is 7.05 Å². The number of rotatable bonds is 7. The topological polar surface area (TPSA) is 153 Å². The Morgan fingerprint density at radius 3 is 2.50 bits per heavy atom. The number of benzene rings is 3. The van der Waals surface area contributed by atoms with E-state index in [-0.39, 0.29) is 11.7 Å². The SMILES string of the molecule is COc1ccc(OC)c(NC(=O)Nc2ccc3cc(C(=O)Nc4ccc(Br)cc4-c4noc(=O)[nH]4)n(C)c3c2)c1. The number of carbonyl (C=O) groups is 2. The number of H-pyrrole nitrogens is 1. The fraction of sp³-hybridized carbons (Fsp3) is 0.111. The van der Waals surface area contributed by atoms with Gasteiger partial charge in [0.2, 0.25) is 0 Å². The van der Waals surface area contributed by atoms with E-state index in [4.69, 9.17) is 9.47 Å². The highest BCUT2D eigenvalue weighted by Gasteiger charge is 2.18. The van der Waals surface area contributed by atoms with Gasteiger partial charge in [0.1, 0.15) is 17.2 Å². The summed E-state index contributed by atoms with van der Waals surface area (Å²) in [6.45, 7) is 0. The number of carbonyl (C=O) groups excluding carboxylic acids is 2. The number of hydrogen-bond donors (Lipinski definition) is 4. The lowest BCUT2D eigenvalue weighted by Crippen LogP contribution is -2.20. The van der Waals surface area contributed by atoms with Gasteiger partial charge in [-0.25, -0.2) is 9.59 Å². The van der Waals surface area contributed by atoms with Gasteiger partial charge in [0, 0.05) is 34.2 Å². The van der Waals surface area contributed by atoms with Gasteiger partial charge in [0.15, 0.2) is 5.82 Å². The molecule has 3 amide bonds. The predicted octanol–water partition coefficient (Wildman–Crippen LogP) is 5.20. The summed E-state index contributed by atoms with van der Waals surface area (Å²) in [6.07, 6.45) is 0. The Bertz CT molecular complexity index is 1810. The first-order chi connectivity index (χ1) is 19.2. The maximum Gasteiger partial charge on any atom is 0.439 e. The molecule has 0 atom stereocenters. The number of nitrogens with zero attached hydrogens (tertiary/aromatic N) is 2. The molecule has 0 bridgehead atoms. The lowest BCUT2D eigenvalue weighted by atomic mass is 10.1. The normalized spacial score (nSPS) is 10.8. The molecule has 0 saturated heterocycles. The van der Waals surface area contributed by atoms with Crippen molar-refractivity contribution in [3.8, 4) is 22.9 Å². The predicted molar refractivity (Wildman–Crippen MR) is 153 cm³/mol. The number of fused-ring (bicyclic) bond motifs is 1. The first-order valence-electron chi connectivity index (χ1n) is 11.8. The summed E-state index contributed by atoms with van der Waals surface area (Å²) < 4.78 is 17.6. The van der Waals surface area contributed by atoms with Crippen LogP contribution in [0.5, 0.6) is 11.5 Å². The van der Waals surface area contributed by atoms with Gasteiger partial charge in [0.05, 0.1) is 31.1 Å². The van der Waals surface area contributed by atoms with Gasteiger partial charge in [-0.1, -0.05) is 27.2 Å². The van der Waals surface area contributed by atoms with Gasteiger partial charge in [-0.3, -0.25) is 14.3 Å². The van der Waals surface area contributed by atoms with E-state index in [2.05, 4.69) is 46.5 Å². The molecule has 4 N–H and O–H groups in total. The molecular weight excluding hydrogens is 584 g/mol. The molecule has 13 heteroatoms. The van der Waals surface area contributed by atoms with Crippen molar-refractivity contribution in [3.63, 3.8) is 0 Å². The van der Waals surface area contributed by atoms with Crippen LogP contribution in [-0.4, -0.2) is 40.9 Å². The molecule has 2 aromatic heterocycles. The number of ether oxygens (including phenoxy) is 2. The van der Waals surface area contributed by atoms with E-state index in [1.165, 1.54) is 14.2 Å². The van der Waals surface area contributed by atoms with E-state index in [0.717, 1.165) is 15.4 Å². The minimum Gasteiger partial charge on any atom is -0.497 e. The van der Waals surface area contributed by atoms with Crippen LogP contribution in [0, 0.1) is 0 Å². The Morgan fingerprint density at radius 1 is 0.950 bits per heavy atom. The second-order valence-electron chi connectivity index (χ2n) is 8.60. The third kappa shape index (κ3) is 5.40. The van der Waals surface area contributed by atoms with Crippen LogP contribution in [0.2, 0.25) is 0 Å². The zero-order valence-electron chi connectivity index (χ0n) is 21.5. The van der Waals surface area contributed by atoms with Gasteiger partial charge in [-0.05, 0) is 48.5 Å². The van der Waals surface area contributed by atoms with Gasteiger partial charge in [0.25, 0.3) is 5.91 Å². The molecule has 0 unspecified atom stereocenters. The van der Waals surface area contributed by atoms with Crippen molar-refractivity contribution >= 4 is 55.8 Å². The molecule has 0 fully saturated rings. The summed E-state index contributed by atoms with van der Waals surface area (Å²) in [5, 5.41) is 13.0. The van der Waals surface area contributed by atoms with Gasteiger partial charge < -0.3 is 30.0 Å². The van der Waals surface area contributed by atoms with Crippen LogP contribution in [0.1, 0.15) is 10.5 Å². The fourth-order valence-corrected chi connectivity index (χ4v) is 4.54. The van der Waals surface area contributed by atoms with Crippen molar-refractivity contribution in [2.45, 2.75) is 0 Å². The smallest absolute Gasteiger partial charge is 0.439 e. The first-order valence-corrected chi connectivity index (χ1v) is 12.6. The Kier molecular flexibility index (Phi) is 7.29. The second-order valence-corrected chi connectivity index (χ2v) is 9.51. The highest BCUT2D eigenvalue weighted by molar-refractivity contribution is 9.10. The number of halogens is 1. The van der Waals surface area contributed by atoms with E-state index in [9.17, 15) is 14.4 Å². The summed E-state index contributed by atoms with van der Waals surface area (Å²) >= 11 is 3.39. The molecule has 5 aromatic rings. The Morgan fingerprint density at radius 2 is 1.77 bits per heavy atom. The second kappa shape index (κ2) is 11.0. The van der Waals surface area contributed by atoms with Gasteiger partial charge in [-0.2, -0.15) is 0 Å². The lowest BCUT2D eigenvalue weighted by Gasteiger charge is -2.13. The molecular formula is C27H23BrN6O6. The summed E-state index contributed by atoms with van der Waals surface area (Å²) in [4.78, 5) is 40.0. The van der Waals surface area contributed by atoms with Gasteiger partial charge in [-0.15, -0.1) is 0 Å². The summed E-state index contributed by atoms with van der Waals surface area (Å²) in [6, 6.07) is 16.8. The minimum absolute atomic E-state index is 0.180. The van der Waals surface area contributed by atoms with E-state index in [1.54, 1.807) is 72.3 Å². The van der Waals surface area contributed by atoms with E-state index < -0.39 is 11.8 Å². The maximum atomic E-state index is 13.3. The molecule has 12 nitrogen and oxygen atoms in total. The third-order valence-electron chi connectivity index (χ3n) is 6.12. The highest BCUT2D eigenvalue weighted by Crippen LogP contribution is 2.31. The van der Waals surface area contributed by atoms with Crippen molar-refractivity contribution < 1.29 is 23.6 Å². The number of amides is 3. The third-order valence-corrected chi connectivity index (χ3v) is 6.61. The van der Waals surface area contributed by atoms with Crippen LogP contribution >= 0.6 is 15.9 Å². The molecule has 0 saturated carbocycles. The van der Waals surface area contributed by atoms with E-state index in [1.807, 2.05) is 0 Å². The van der Waals surface area contributed by atoms with Crippen LogP contribution in [0.15, 0.2) is 74.5 Å². The van der Waals surface area contributed by atoms with Crippen molar-refractivity contribution in [1.82, 2.24) is 14.7 Å². The summed E-state index contributed by atoms with van der Waals surface area (Å²) in [5.74, 6) is 0.136. The number of methoxy groups -OCH3 is 2. The molecule has 0 aliphatic carbocycles. The number of aromatic amines is 1. The highest BCUT2D eigenvalue weighted by atomic mass is 79.9. The van der Waals surface area contributed by atoms with Crippen molar-refractivity contribution in [2.75, 3.05) is 30.2 Å². The molecule has 204 valence electrons. The summed E-state index contributed by atoms with van der Waals surface area (Å²) in [7, 11) is 4.79. The zero-order valence-corrected chi connectivity index (χ0v) is 23.1. The average Bonchev–Trinajstić information content (AvgIpc) is 3.52. The van der Waals surface area contributed by atoms with Crippen molar-refractivity contribution in [3.05, 3.63) is 81.4 Å². The largest absolute Gasteiger partial charge is 0.497 e. The first kappa shape index (κ1) is 26.6. The number of aryl methyl sites for hydroxylation is 1. The zero-order chi connectivity index (χ0) is 28.4. The van der Waals surface area contributed by atoms with Crippen LogP contribution < -0.4 is 31.2 Å². The number of aromatic nitrogens is 3. The standard InChI is InChI=1S/C27H23BrN6O6/c1-34-21-12-16(29-26(36)31-20-13-17(38-2)7-9-23(20)39-3)6-4-14(21)10-22(34)25(35)30-19-8-5-15(28)11-18(19)24-32-27(37)40-33-24/h4-13H,1-3H3,(H,30,35)(H2,29,31,36)(H,32,33,37).